The molecule has 1 unspecified atom stereocenters. The van der Waals surface area contributed by atoms with E-state index in [1.54, 1.807) is 0 Å². The number of nitrogens with two attached hydrogens (primary N) is 1. The molecule has 66 valence electrons. The molecule has 0 saturated heterocycles. The minimum absolute atomic E-state index is 0.0298. The highest BCUT2D eigenvalue weighted by atomic mass is 16.5. The Labute approximate surface area is 66.3 Å². The average molecular weight is 161 g/mol. The maximum Gasteiger partial charge on any atom is 0.334 e. The quantitative estimate of drug-likeness (QED) is 0.598. The fourth-order valence-corrected chi connectivity index (χ4v) is 0.549. The molecule has 1 atom stereocenters. The van der Waals surface area contributed by atoms with Crippen LogP contribution in [0.25, 0.3) is 0 Å². The molecular formula is C7H15NO3. The van der Waals surface area contributed by atoms with Crippen LogP contribution in [0, 0.1) is 5.92 Å². The number of aliphatic carboxylic acids is 1. The summed E-state index contributed by atoms with van der Waals surface area (Å²) in [4.78, 5) is 10.3. The molecule has 0 aliphatic carbocycles. The highest BCUT2D eigenvalue weighted by Crippen LogP contribution is 1.97. The van der Waals surface area contributed by atoms with Crippen LogP contribution in [0.5, 0.6) is 0 Å². The Morgan fingerprint density at radius 2 is 2.18 bits per heavy atom. The third-order valence-corrected chi connectivity index (χ3v) is 1.12. The lowest BCUT2D eigenvalue weighted by Crippen LogP contribution is -2.33. The maximum atomic E-state index is 10.3. The molecule has 0 aromatic carbocycles. The lowest BCUT2D eigenvalue weighted by atomic mass is 10.2. The molecule has 0 amide bonds. The minimum atomic E-state index is -0.992. The number of rotatable bonds is 5. The third kappa shape index (κ3) is 4.75. The molecule has 11 heavy (non-hydrogen) atoms. The zero-order valence-electron chi connectivity index (χ0n) is 6.91. The average Bonchev–Trinajstić information content (AvgIpc) is 1.87. The first-order chi connectivity index (χ1) is 5.07. The SMILES string of the molecule is CC(C)COC(CN)C(=O)O. The van der Waals surface area contributed by atoms with Gasteiger partial charge in [-0.1, -0.05) is 13.8 Å². The molecule has 4 nitrogen and oxygen atoms in total. The van der Waals surface area contributed by atoms with Gasteiger partial charge in [0.05, 0.1) is 6.61 Å². The van der Waals surface area contributed by atoms with Crippen molar-refractivity contribution < 1.29 is 14.6 Å². The number of hydrogen-bond donors (Lipinski definition) is 2. The highest BCUT2D eigenvalue weighted by molar-refractivity contribution is 5.72. The number of carboxylic acid groups (broad SMARTS) is 1. The molecule has 3 N–H and O–H groups in total. The Morgan fingerprint density at radius 3 is 2.45 bits per heavy atom. The van der Waals surface area contributed by atoms with Crippen LogP contribution >= 0.6 is 0 Å². The van der Waals surface area contributed by atoms with E-state index in [1.165, 1.54) is 0 Å². The fraction of sp³-hybridized carbons (Fsp3) is 0.857. The van der Waals surface area contributed by atoms with Crippen LogP contribution in [-0.4, -0.2) is 30.3 Å². The van der Waals surface area contributed by atoms with Crippen LogP contribution in [0.2, 0.25) is 0 Å². The van der Waals surface area contributed by atoms with Crippen molar-refractivity contribution in [2.24, 2.45) is 11.7 Å². The highest BCUT2D eigenvalue weighted by Gasteiger charge is 2.15. The van der Waals surface area contributed by atoms with Gasteiger partial charge in [-0.25, -0.2) is 4.79 Å². The van der Waals surface area contributed by atoms with Crippen LogP contribution in [0.3, 0.4) is 0 Å². The second kappa shape index (κ2) is 5.09. The van der Waals surface area contributed by atoms with Gasteiger partial charge in [0.15, 0.2) is 6.10 Å². The summed E-state index contributed by atoms with van der Waals surface area (Å²) in [5.41, 5.74) is 5.15. The van der Waals surface area contributed by atoms with Gasteiger partial charge in [0.25, 0.3) is 0 Å². The minimum Gasteiger partial charge on any atom is -0.479 e. The number of carbonyl (C=O) groups is 1. The van der Waals surface area contributed by atoms with Gasteiger partial charge in [-0.3, -0.25) is 0 Å². The molecule has 0 bridgehead atoms. The van der Waals surface area contributed by atoms with E-state index in [1.807, 2.05) is 13.8 Å². The van der Waals surface area contributed by atoms with Gasteiger partial charge in [0.2, 0.25) is 0 Å². The summed E-state index contributed by atoms with van der Waals surface area (Å²) in [6.45, 7) is 4.38. The topological polar surface area (TPSA) is 72.5 Å². The molecule has 0 aromatic heterocycles. The second-order valence-electron chi connectivity index (χ2n) is 2.79. The van der Waals surface area contributed by atoms with E-state index in [9.17, 15) is 4.79 Å². The fourth-order valence-electron chi connectivity index (χ4n) is 0.549. The lowest BCUT2D eigenvalue weighted by molar-refractivity contribution is -0.150. The van der Waals surface area contributed by atoms with Crippen molar-refractivity contribution in [1.29, 1.82) is 0 Å². The summed E-state index contributed by atoms with van der Waals surface area (Å²) >= 11 is 0. The zero-order chi connectivity index (χ0) is 8.85. The molecule has 0 saturated carbocycles. The van der Waals surface area contributed by atoms with Gasteiger partial charge < -0.3 is 15.6 Å². The third-order valence-electron chi connectivity index (χ3n) is 1.12. The maximum absolute atomic E-state index is 10.3. The van der Waals surface area contributed by atoms with E-state index in [-0.39, 0.29) is 6.54 Å². The van der Waals surface area contributed by atoms with Gasteiger partial charge in [-0.2, -0.15) is 0 Å². The standard InChI is InChI=1S/C7H15NO3/c1-5(2)4-11-6(3-8)7(9)10/h5-6H,3-4,8H2,1-2H3,(H,9,10). The molecular weight excluding hydrogens is 146 g/mol. The van der Waals surface area contributed by atoms with E-state index < -0.39 is 12.1 Å². The van der Waals surface area contributed by atoms with E-state index in [2.05, 4.69) is 0 Å². The Bertz CT molecular complexity index is 125. The van der Waals surface area contributed by atoms with Gasteiger partial charge in [0, 0.05) is 6.54 Å². The van der Waals surface area contributed by atoms with E-state index in [0.29, 0.717) is 12.5 Å². The van der Waals surface area contributed by atoms with Crippen LogP contribution < -0.4 is 5.73 Å². The molecule has 0 radical (unpaired) electrons. The Hall–Kier alpha value is -0.610. The number of ether oxygens (including phenoxy) is 1. The van der Waals surface area contributed by atoms with Crippen molar-refractivity contribution in [3.8, 4) is 0 Å². The molecule has 0 aliphatic heterocycles. The summed E-state index contributed by atoms with van der Waals surface area (Å²) in [5.74, 6) is -0.656. The molecule has 0 fully saturated rings. The largest absolute Gasteiger partial charge is 0.479 e. The van der Waals surface area contributed by atoms with E-state index in [4.69, 9.17) is 15.6 Å². The predicted octanol–water partition coefficient (Wildman–Crippen LogP) is 0.0709. The van der Waals surface area contributed by atoms with Crippen LogP contribution in [-0.2, 0) is 9.53 Å². The van der Waals surface area contributed by atoms with Crippen molar-refractivity contribution in [3.05, 3.63) is 0 Å². The monoisotopic (exact) mass is 161 g/mol. The van der Waals surface area contributed by atoms with Crippen LogP contribution in [0.1, 0.15) is 13.8 Å². The number of carboxylic acids is 1. The summed E-state index contributed by atoms with van der Waals surface area (Å²) in [7, 11) is 0. The van der Waals surface area contributed by atoms with Crippen molar-refractivity contribution >= 4 is 5.97 Å². The van der Waals surface area contributed by atoms with E-state index >= 15 is 0 Å². The number of hydrogen-bond acceptors (Lipinski definition) is 3. The molecule has 0 heterocycles. The summed E-state index contributed by atoms with van der Waals surface area (Å²) in [6, 6.07) is 0. The van der Waals surface area contributed by atoms with E-state index in [0.717, 1.165) is 0 Å². The molecule has 0 spiro atoms. The van der Waals surface area contributed by atoms with Gasteiger partial charge >= 0.3 is 5.97 Å². The summed E-state index contributed by atoms with van der Waals surface area (Å²) < 4.78 is 4.99. The molecule has 0 rings (SSSR count). The summed E-state index contributed by atoms with van der Waals surface area (Å²) in [6.07, 6.45) is -0.850. The lowest BCUT2D eigenvalue weighted by Gasteiger charge is -2.12. The molecule has 0 aromatic rings. The van der Waals surface area contributed by atoms with Crippen molar-refractivity contribution in [3.63, 3.8) is 0 Å². The van der Waals surface area contributed by atoms with Gasteiger partial charge in [-0.15, -0.1) is 0 Å². The Morgan fingerprint density at radius 1 is 1.64 bits per heavy atom. The zero-order valence-corrected chi connectivity index (χ0v) is 6.91. The first-order valence-electron chi connectivity index (χ1n) is 3.62. The molecule has 0 aliphatic rings. The van der Waals surface area contributed by atoms with Crippen LogP contribution in [0.15, 0.2) is 0 Å². The smallest absolute Gasteiger partial charge is 0.334 e. The van der Waals surface area contributed by atoms with Crippen molar-refractivity contribution in [2.75, 3.05) is 13.2 Å². The summed E-state index contributed by atoms with van der Waals surface area (Å²) in [5, 5.41) is 8.48. The van der Waals surface area contributed by atoms with Crippen molar-refractivity contribution in [1.82, 2.24) is 0 Å². The molecule has 4 heteroatoms. The normalized spacial score (nSPS) is 13.5. The Kier molecular flexibility index (Phi) is 4.81. The van der Waals surface area contributed by atoms with Crippen LogP contribution in [0.4, 0.5) is 0 Å². The Balaban J connectivity index is 3.61. The first-order valence-corrected chi connectivity index (χ1v) is 3.62. The first kappa shape index (κ1) is 10.4. The second-order valence-corrected chi connectivity index (χ2v) is 2.79. The van der Waals surface area contributed by atoms with Gasteiger partial charge in [-0.05, 0) is 5.92 Å². The van der Waals surface area contributed by atoms with Gasteiger partial charge in [0.1, 0.15) is 0 Å². The predicted molar refractivity (Wildman–Crippen MR) is 41.3 cm³/mol. The van der Waals surface area contributed by atoms with Crippen molar-refractivity contribution in [2.45, 2.75) is 20.0 Å².